The molecule has 1 unspecified atom stereocenters. The summed E-state index contributed by atoms with van der Waals surface area (Å²) in [7, 11) is 0. The van der Waals surface area contributed by atoms with E-state index in [1.807, 2.05) is 13.8 Å². The number of nitro groups is 1. The first-order valence-electron chi connectivity index (χ1n) is 6.35. The lowest BCUT2D eigenvalue weighted by Crippen LogP contribution is -2.22. The van der Waals surface area contributed by atoms with Gasteiger partial charge in [0.05, 0.1) is 27.3 Å². The molecule has 0 fully saturated rings. The molecule has 0 radical (unpaired) electrons. The van der Waals surface area contributed by atoms with E-state index in [1.165, 1.54) is 0 Å². The lowest BCUT2D eigenvalue weighted by Gasteiger charge is -2.16. The predicted octanol–water partition coefficient (Wildman–Crippen LogP) is 2.77. The molecular formula is C13H17ClN2O5. The number of carboxylic acid groups (broad SMARTS) is 1. The summed E-state index contributed by atoms with van der Waals surface area (Å²) in [6, 6.07) is 2.01. The fourth-order valence-corrected chi connectivity index (χ4v) is 2.17. The van der Waals surface area contributed by atoms with Crippen molar-refractivity contribution in [1.82, 2.24) is 0 Å². The first-order valence-corrected chi connectivity index (χ1v) is 6.73. The molecule has 1 aromatic carbocycles. The van der Waals surface area contributed by atoms with E-state index in [1.54, 1.807) is 0 Å². The maximum absolute atomic E-state index is 11.2. The zero-order valence-corrected chi connectivity index (χ0v) is 12.4. The molecular weight excluding hydrogens is 300 g/mol. The number of hydrogen-bond acceptors (Lipinski definition) is 5. The molecule has 0 aliphatic carbocycles. The molecule has 116 valence electrons. The Morgan fingerprint density at radius 3 is 2.57 bits per heavy atom. The quantitative estimate of drug-likeness (QED) is 0.526. The largest absolute Gasteiger partial charge is 0.478 e. The monoisotopic (exact) mass is 316 g/mol. The third-order valence-electron chi connectivity index (χ3n) is 2.77. The number of carbonyl (C=O) groups is 1. The fraction of sp³-hybridized carbons (Fsp3) is 0.462. The number of aliphatic hydroxyl groups excluding tert-OH is 1. The third kappa shape index (κ3) is 4.87. The van der Waals surface area contributed by atoms with Gasteiger partial charge in [0.25, 0.3) is 5.69 Å². The van der Waals surface area contributed by atoms with Crippen LogP contribution < -0.4 is 5.32 Å². The van der Waals surface area contributed by atoms with Crippen LogP contribution in [-0.2, 0) is 0 Å². The van der Waals surface area contributed by atoms with Gasteiger partial charge in [-0.1, -0.05) is 25.4 Å². The molecule has 0 heterocycles. The summed E-state index contributed by atoms with van der Waals surface area (Å²) in [6.45, 7) is 4.01. The minimum atomic E-state index is -1.33. The molecule has 0 saturated carbocycles. The van der Waals surface area contributed by atoms with Crippen LogP contribution in [0.15, 0.2) is 12.1 Å². The van der Waals surface area contributed by atoms with Gasteiger partial charge in [-0.05, 0) is 12.3 Å². The Labute approximate surface area is 126 Å². The highest BCUT2D eigenvalue weighted by molar-refractivity contribution is 6.34. The molecule has 1 aromatic rings. The summed E-state index contributed by atoms with van der Waals surface area (Å²) in [5.41, 5.74) is -0.630. The molecule has 1 rings (SSSR count). The van der Waals surface area contributed by atoms with Gasteiger partial charge in [0.15, 0.2) is 0 Å². The number of non-ortho nitro benzene ring substituents is 1. The van der Waals surface area contributed by atoms with Gasteiger partial charge in [0.2, 0.25) is 0 Å². The summed E-state index contributed by atoms with van der Waals surface area (Å²) in [4.78, 5) is 21.2. The van der Waals surface area contributed by atoms with E-state index in [4.69, 9.17) is 16.7 Å². The number of nitrogens with zero attached hydrogens (tertiary/aromatic N) is 1. The van der Waals surface area contributed by atoms with Crippen LogP contribution in [0.2, 0.25) is 5.02 Å². The molecule has 0 aliphatic rings. The number of carboxylic acids is 1. The van der Waals surface area contributed by atoms with E-state index in [9.17, 15) is 20.0 Å². The van der Waals surface area contributed by atoms with E-state index in [0.717, 1.165) is 12.1 Å². The summed E-state index contributed by atoms with van der Waals surface area (Å²) in [6.07, 6.45) is -0.127. The summed E-state index contributed by atoms with van der Waals surface area (Å²) < 4.78 is 0. The van der Waals surface area contributed by atoms with Crippen LogP contribution in [0.3, 0.4) is 0 Å². The molecule has 0 aliphatic heterocycles. The average Bonchev–Trinajstić information content (AvgIpc) is 2.35. The second-order valence-electron chi connectivity index (χ2n) is 5.08. The summed E-state index contributed by atoms with van der Waals surface area (Å²) >= 11 is 5.90. The number of nitro benzene ring substituents is 1. The molecule has 0 amide bonds. The minimum Gasteiger partial charge on any atom is -0.478 e. The van der Waals surface area contributed by atoms with Gasteiger partial charge in [-0.25, -0.2) is 4.79 Å². The van der Waals surface area contributed by atoms with Crippen LogP contribution in [0.1, 0.15) is 30.6 Å². The standard InChI is InChI=1S/C13H17ClN2O5/c1-7(2)3-9(17)6-15-12-10(13(18)19)4-8(16(20)21)5-11(12)14/h4-5,7,9,15,17H,3,6H2,1-2H3,(H,18,19). The van der Waals surface area contributed by atoms with Crippen LogP contribution in [0.5, 0.6) is 0 Å². The van der Waals surface area contributed by atoms with Crippen LogP contribution in [0.25, 0.3) is 0 Å². The fourth-order valence-electron chi connectivity index (χ4n) is 1.89. The Kier molecular flexibility index (Phi) is 5.92. The third-order valence-corrected chi connectivity index (χ3v) is 3.07. The highest BCUT2D eigenvalue weighted by Crippen LogP contribution is 2.31. The normalized spacial score (nSPS) is 12.2. The topological polar surface area (TPSA) is 113 Å². The number of benzene rings is 1. The van der Waals surface area contributed by atoms with Gasteiger partial charge in [0.1, 0.15) is 0 Å². The zero-order valence-electron chi connectivity index (χ0n) is 11.7. The van der Waals surface area contributed by atoms with Crippen molar-refractivity contribution in [2.24, 2.45) is 5.92 Å². The smallest absolute Gasteiger partial charge is 0.338 e. The van der Waals surface area contributed by atoms with Crippen molar-refractivity contribution in [3.63, 3.8) is 0 Å². The lowest BCUT2D eigenvalue weighted by atomic mass is 10.1. The van der Waals surface area contributed by atoms with Gasteiger partial charge >= 0.3 is 5.97 Å². The lowest BCUT2D eigenvalue weighted by molar-refractivity contribution is -0.384. The maximum atomic E-state index is 11.2. The maximum Gasteiger partial charge on any atom is 0.338 e. The van der Waals surface area contributed by atoms with Crippen molar-refractivity contribution >= 4 is 28.9 Å². The van der Waals surface area contributed by atoms with Crippen molar-refractivity contribution < 1.29 is 19.9 Å². The van der Waals surface area contributed by atoms with Gasteiger partial charge in [-0.15, -0.1) is 0 Å². The van der Waals surface area contributed by atoms with E-state index in [0.29, 0.717) is 6.42 Å². The molecule has 3 N–H and O–H groups in total. The summed E-state index contributed by atoms with van der Waals surface area (Å²) in [5, 5.41) is 32.3. The Hall–Kier alpha value is -1.86. The molecule has 0 saturated heterocycles. The Morgan fingerprint density at radius 2 is 2.10 bits per heavy atom. The van der Waals surface area contributed by atoms with Crippen LogP contribution >= 0.6 is 11.6 Å². The van der Waals surface area contributed by atoms with E-state index in [-0.39, 0.29) is 28.7 Å². The van der Waals surface area contributed by atoms with E-state index < -0.39 is 22.7 Å². The first-order chi connectivity index (χ1) is 9.72. The zero-order chi connectivity index (χ0) is 16.2. The molecule has 1 atom stereocenters. The van der Waals surface area contributed by atoms with Gasteiger partial charge in [-0.2, -0.15) is 0 Å². The van der Waals surface area contributed by atoms with Crippen LogP contribution in [-0.4, -0.2) is 33.8 Å². The van der Waals surface area contributed by atoms with E-state index >= 15 is 0 Å². The molecule has 7 nitrogen and oxygen atoms in total. The van der Waals surface area contributed by atoms with Crippen molar-refractivity contribution in [2.45, 2.75) is 26.4 Å². The van der Waals surface area contributed by atoms with Crippen molar-refractivity contribution in [1.29, 1.82) is 0 Å². The highest BCUT2D eigenvalue weighted by atomic mass is 35.5. The van der Waals surface area contributed by atoms with Gasteiger partial charge < -0.3 is 15.5 Å². The van der Waals surface area contributed by atoms with Crippen LogP contribution in [0, 0.1) is 16.0 Å². The molecule has 0 bridgehead atoms. The highest BCUT2D eigenvalue weighted by Gasteiger charge is 2.20. The SMILES string of the molecule is CC(C)CC(O)CNc1c(Cl)cc([N+](=O)[O-])cc1C(=O)O. The number of aliphatic hydroxyl groups is 1. The second kappa shape index (κ2) is 7.24. The number of hydrogen-bond donors (Lipinski definition) is 3. The van der Waals surface area contributed by atoms with Gasteiger partial charge in [0, 0.05) is 18.7 Å². The molecule has 21 heavy (non-hydrogen) atoms. The van der Waals surface area contributed by atoms with Gasteiger partial charge in [-0.3, -0.25) is 10.1 Å². The second-order valence-corrected chi connectivity index (χ2v) is 5.48. The Bertz CT molecular complexity index is 548. The minimum absolute atomic E-state index is 0.0672. The van der Waals surface area contributed by atoms with Crippen LogP contribution in [0.4, 0.5) is 11.4 Å². The van der Waals surface area contributed by atoms with Crippen molar-refractivity contribution in [3.05, 3.63) is 32.8 Å². The number of aromatic carboxylic acids is 1. The van der Waals surface area contributed by atoms with Crippen molar-refractivity contribution in [2.75, 3.05) is 11.9 Å². The number of rotatable bonds is 7. The average molecular weight is 317 g/mol. The van der Waals surface area contributed by atoms with Crippen molar-refractivity contribution in [3.8, 4) is 0 Å². The first kappa shape index (κ1) is 17.2. The summed E-state index contributed by atoms with van der Waals surface area (Å²) in [5.74, 6) is -1.05. The number of halogens is 1. The van der Waals surface area contributed by atoms with E-state index in [2.05, 4.69) is 5.32 Å². The molecule has 8 heteroatoms. The Balaban J connectivity index is 3.00. The molecule has 0 aromatic heterocycles. The number of nitrogens with one attached hydrogen (secondary N) is 1. The number of anilines is 1. The molecule has 0 spiro atoms. The predicted molar refractivity (Wildman–Crippen MR) is 79.0 cm³/mol. The Morgan fingerprint density at radius 1 is 1.48 bits per heavy atom.